The lowest BCUT2D eigenvalue weighted by Gasteiger charge is -2.29. The highest BCUT2D eigenvalue weighted by molar-refractivity contribution is 7.99. The molecule has 0 spiro atoms. The first-order valence-corrected chi connectivity index (χ1v) is 9.02. The monoisotopic (exact) mass is 432 g/mol. The van der Waals surface area contributed by atoms with E-state index < -0.39 is 23.7 Å². The fourth-order valence-corrected chi connectivity index (χ4v) is 3.36. The quantitative estimate of drug-likeness (QED) is 0.519. The number of anilines is 2. The molecule has 0 bridgehead atoms. The van der Waals surface area contributed by atoms with Crippen LogP contribution in [0, 0.1) is 0 Å². The summed E-state index contributed by atoms with van der Waals surface area (Å²) in [6, 6.07) is 11.5. The second-order valence-corrected chi connectivity index (χ2v) is 7.45. The molecule has 1 atom stereocenters. The maximum absolute atomic E-state index is 13.3. The average molecular weight is 433 g/mol. The first-order chi connectivity index (χ1) is 12.9. The second-order valence-electron chi connectivity index (χ2n) is 5.89. The van der Waals surface area contributed by atoms with E-state index in [2.05, 4.69) is 10.1 Å². The number of benzene rings is 2. The minimum atomic E-state index is -5.11. The van der Waals surface area contributed by atoms with Gasteiger partial charge in [-0.1, -0.05) is 29.4 Å². The first kappa shape index (κ1) is 21.9. The molecule has 2 aromatic rings. The van der Waals surface area contributed by atoms with Crippen LogP contribution in [-0.4, -0.2) is 23.7 Å². The first-order valence-electron chi connectivity index (χ1n) is 7.83. The number of alkyl halides is 3. The lowest BCUT2D eigenvalue weighted by molar-refractivity contribution is -0.253. The van der Waals surface area contributed by atoms with Crippen LogP contribution < -0.4 is 11.1 Å². The zero-order valence-electron chi connectivity index (χ0n) is 14.8. The van der Waals surface area contributed by atoms with Gasteiger partial charge in [-0.3, -0.25) is 9.59 Å². The molecule has 0 aromatic heterocycles. The van der Waals surface area contributed by atoms with E-state index >= 15 is 0 Å². The molecule has 0 saturated carbocycles. The Morgan fingerprint density at radius 3 is 2.32 bits per heavy atom. The van der Waals surface area contributed by atoms with Gasteiger partial charge in [0.15, 0.2) is 0 Å². The summed E-state index contributed by atoms with van der Waals surface area (Å²) < 4.78 is 44.1. The van der Waals surface area contributed by atoms with Crippen molar-refractivity contribution in [3.63, 3.8) is 0 Å². The molecule has 0 aliphatic carbocycles. The van der Waals surface area contributed by atoms with Gasteiger partial charge in [0.25, 0.3) is 11.5 Å². The molecule has 0 fully saturated rings. The molecule has 0 heterocycles. The topological polar surface area (TPSA) is 81.4 Å². The van der Waals surface area contributed by atoms with Gasteiger partial charge in [0.05, 0.1) is 10.7 Å². The number of halogens is 4. The van der Waals surface area contributed by atoms with E-state index in [1.165, 1.54) is 23.9 Å². The molecule has 0 radical (unpaired) electrons. The number of hydrogen-bond acceptors (Lipinski definition) is 5. The van der Waals surface area contributed by atoms with Crippen LogP contribution in [0.2, 0.25) is 5.02 Å². The fraction of sp³-hybridized carbons (Fsp3) is 0.222. The molecule has 2 aromatic carbocycles. The number of hydrogen-bond donors (Lipinski definition) is 2. The smallest absolute Gasteiger partial charge is 0.437 e. The van der Waals surface area contributed by atoms with Crippen LogP contribution in [-0.2, 0) is 14.3 Å². The molecule has 3 N–H and O–H groups in total. The predicted octanol–water partition coefficient (Wildman–Crippen LogP) is 4.90. The van der Waals surface area contributed by atoms with Crippen molar-refractivity contribution in [3.05, 3.63) is 47.5 Å². The number of ether oxygens (including phenoxy) is 1. The minimum absolute atomic E-state index is 0.0228. The third kappa shape index (κ3) is 5.11. The normalized spacial score (nSPS) is 13.5. The highest BCUT2D eigenvalue weighted by Crippen LogP contribution is 2.37. The number of carbonyl (C=O) groups excluding carboxylic acids is 2. The van der Waals surface area contributed by atoms with Crippen LogP contribution in [0.4, 0.5) is 24.5 Å². The van der Waals surface area contributed by atoms with Crippen molar-refractivity contribution in [2.45, 2.75) is 35.4 Å². The van der Waals surface area contributed by atoms with Gasteiger partial charge in [-0.15, -0.1) is 0 Å². The molecular formula is C18H16ClF3N2O3S. The van der Waals surface area contributed by atoms with E-state index in [9.17, 15) is 22.8 Å². The number of nitrogen functional groups attached to an aromatic ring is 1. The maximum atomic E-state index is 13.3. The summed E-state index contributed by atoms with van der Waals surface area (Å²) in [6.45, 7) is 1.26. The standard InChI is InChI=1S/C18H16ClF3N2O3S/c1-10(25)27-17(2,18(20,21)22)16(26)24-15-7-6-13(9-14(15)19)28-12-5-3-4-11(23)8-12/h3-9H,23H2,1-2H3,(H,24,26). The summed E-state index contributed by atoms with van der Waals surface area (Å²) in [7, 11) is 0. The van der Waals surface area contributed by atoms with Crippen LogP contribution in [0.3, 0.4) is 0 Å². The Balaban J connectivity index is 2.21. The average Bonchev–Trinajstić information content (AvgIpc) is 2.55. The van der Waals surface area contributed by atoms with Crippen molar-refractivity contribution in [1.82, 2.24) is 0 Å². The molecule has 5 nitrogen and oxygen atoms in total. The van der Waals surface area contributed by atoms with Crippen LogP contribution in [0.5, 0.6) is 0 Å². The predicted molar refractivity (Wildman–Crippen MR) is 101 cm³/mol. The molecule has 1 amide bonds. The number of nitrogens with two attached hydrogens (primary N) is 1. The number of amides is 1. The SMILES string of the molecule is CC(=O)OC(C)(C(=O)Nc1ccc(Sc2cccc(N)c2)cc1Cl)C(F)(F)F. The Labute approximate surface area is 168 Å². The molecule has 28 heavy (non-hydrogen) atoms. The molecule has 1 unspecified atom stereocenters. The number of esters is 1. The molecule has 0 saturated heterocycles. The molecule has 2 rings (SSSR count). The van der Waals surface area contributed by atoms with Crippen LogP contribution in [0.1, 0.15) is 13.8 Å². The summed E-state index contributed by atoms with van der Waals surface area (Å²) >= 11 is 7.43. The van der Waals surface area contributed by atoms with Gasteiger partial charge in [0.2, 0.25) is 0 Å². The summed E-state index contributed by atoms with van der Waals surface area (Å²) in [5.41, 5.74) is 2.90. The lowest BCUT2D eigenvalue weighted by Crippen LogP contribution is -2.55. The van der Waals surface area contributed by atoms with Gasteiger partial charge < -0.3 is 15.8 Å². The molecular weight excluding hydrogens is 417 g/mol. The van der Waals surface area contributed by atoms with Crippen molar-refractivity contribution >= 4 is 46.6 Å². The van der Waals surface area contributed by atoms with Crippen molar-refractivity contribution in [2.75, 3.05) is 11.1 Å². The van der Waals surface area contributed by atoms with Crippen molar-refractivity contribution in [3.8, 4) is 0 Å². The van der Waals surface area contributed by atoms with Gasteiger partial charge >= 0.3 is 12.1 Å². The minimum Gasteiger partial charge on any atom is -0.439 e. The Morgan fingerprint density at radius 2 is 1.79 bits per heavy atom. The van der Waals surface area contributed by atoms with Crippen molar-refractivity contribution in [1.29, 1.82) is 0 Å². The molecule has 150 valence electrons. The number of nitrogens with one attached hydrogen (secondary N) is 1. The Hall–Kier alpha value is -2.39. The summed E-state index contributed by atoms with van der Waals surface area (Å²) in [4.78, 5) is 24.8. The zero-order valence-corrected chi connectivity index (χ0v) is 16.3. The van der Waals surface area contributed by atoms with Gasteiger partial charge in [0, 0.05) is 22.4 Å². The number of rotatable bonds is 5. The Kier molecular flexibility index (Phi) is 6.51. The van der Waals surface area contributed by atoms with E-state index in [4.69, 9.17) is 17.3 Å². The van der Waals surface area contributed by atoms with E-state index in [0.717, 1.165) is 11.8 Å². The highest BCUT2D eigenvalue weighted by Gasteiger charge is 2.60. The highest BCUT2D eigenvalue weighted by atomic mass is 35.5. The molecule has 10 heteroatoms. The lowest BCUT2D eigenvalue weighted by atomic mass is 10.0. The van der Waals surface area contributed by atoms with Gasteiger partial charge in [0.1, 0.15) is 0 Å². The Morgan fingerprint density at radius 1 is 1.14 bits per heavy atom. The maximum Gasteiger partial charge on any atom is 0.437 e. The summed E-state index contributed by atoms with van der Waals surface area (Å²) in [6.07, 6.45) is -5.11. The Bertz CT molecular complexity index is 908. The van der Waals surface area contributed by atoms with E-state index in [0.29, 0.717) is 17.5 Å². The van der Waals surface area contributed by atoms with E-state index in [-0.39, 0.29) is 10.7 Å². The van der Waals surface area contributed by atoms with Gasteiger partial charge in [-0.05, 0) is 43.3 Å². The van der Waals surface area contributed by atoms with E-state index in [1.807, 2.05) is 6.07 Å². The largest absolute Gasteiger partial charge is 0.439 e. The fourth-order valence-electron chi connectivity index (χ4n) is 2.14. The zero-order chi connectivity index (χ0) is 21.1. The van der Waals surface area contributed by atoms with Gasteiger partial charge in [-0.2, -0.15) is 13.2 Å². The molecule has 0 aliphatic rings. The molecule has 0 aliphatic heterocycles. The third-order valence-corrected chi connectivity index (χ3v) is 4.90. The van der Waals surface area contributed by atoms with E-state index in [1.54, 1.807) is 24.3 Å². The summed E-state index contributed by atoms with van der Waals surface area (Å²) in [5, 5.41) is 2.09. The second kappa shape index (κ2) is 8.32. The third-order valence-electron chi connectivity index (χ3n) is 3.60. The van der Waals surface area contributed by atoms with Crippen LogP contribution in [0.25, 0.3) is 0 Å². The van der Waals surface area contributed by atoms with Crippen molar-refractivity contribution in [2.24, 2.45) is 0 Å². The van der Waals surface area contributed by atoms with Gasteiger partial charge in [-0.25, -0.2) is 0 Å². The van der Waals surface area contributed by atoms with Crippen LogP contribution >= 0.6 is 23.4 Å². The number of carbonyl (C=O) groups is 2. The summed E-state index contributed by atoms with van der Waals surface area (Å²) in [5.74, 6) is -2.80. The van der Waals surface area contributed by atoms with Crippen LogP contribution in [0.15, 0.2) is 52.3 Å². The van der Waals surface area contributed by atoms with Crippen molar-refractivity contribution < 1.29 is 27.5 Å².